The lowest BCUT2D eigenvalue weighted by atomic mass is 10.1. The zero-order chi connectivity index (χ0) is 16.0. The molecule has 2 amide bonds. The molecule has 3 rings (SSSR count). The molecule has 0 radical (unpaired) electrons. The lowest BCUT2D eigenvalue weighted by Gasteiger charge is -2.09. The average Bonchev–Trinajstić information content (AvgIpc) is 3.01. The first-order chi connectivity index (χ1) is 10.4. The molecule has 0 atom stereocenters. The topological polar surface area (TPSA) is 76.3 Å². The van der Waals surface area contributed by atoms with Crippen molar-refractivity contribution in [3.05, 3.63) is 45.0 Å². The zero-order valence-corrected chi connectivity index (χ0v) is 13.3. The summed E-state index contributed by atoms with van der Waals surface area (Å²) in [5.41, 5.74) is 0.450. The highest BCUT2D eigenvalue weighted by Gasteiger charge is 2.37. The van der Waals surface area contributed by atoms with Crippen LogP contribution in [0.2, 0.25) is 10.0 Å². The van der Waals surface area contributed by atoms with Gasteiger partial charge in [0.25, 0.3) is 11.8 Å². The summed E-state index contributed by atoms with van der Waals surface area (Å²) in [7, 11) is 0. The number of aromatic nitrogens is 2. The smallest absolute Gasteiger partial charge is 0.262 e. The van der Waals surface area contributed by atoms with Gasteiger partial charge >= 0.3 is 0 Å². The van der Waals surface area contributed by atoms with Gasteiger partial charge in [0.05, 0.1) is 21.2 Å². The third-order valence-electron chi connectivity index (χ3n) is 3.31. The van der Waals surface area contributed by atoms with Crippen LogP contribution in [0, 0.1) is 0 Å². The summed E-state index contributed by atoms with van der Waals surface area (Å²) in [4.78, 5) is 29.9. The van der Waals surface area contributed by atoms with Crippen LogP contribution in [0.4, 0.5) is 0 Å². The second-order valence-electron chi connectivity index (χ2n) is 5.21. The fraction of sp³-hybridized carbons (Fsp3) is 0.286. The van der Waals surface area contributed by atoms with E-state index in [1.807, 2.05) is 13.8 Å². The van der Waals surface area contributed by atoms with Gasteiger partial charge in [-0.1, -0.05) is 42.2 Å². The monoisotopic (exact) mass is 339 g/mol. The molecule has 2 heterocycles. The summed E-state index contributed by atoms with van der Waals surface area (Å²) in [6.07, 6.45) is 0. The quantitative estimate of drug-likeness (QED) is 0.802. The van der Waals surface area contributed by atoms with Crippen LogP contribution >= 0.6 is 23.2 Å². The largest absolute Gasteiger partial charge is 0.337 e. The van der Waals surface area contributed by atoms with Crippen molar-refractivity contribution in [1.82, 2.24) is 15.0 Å². The molecule has 6 nitrogen and oxygen atoms in total. The molecule has 0 bridgehead atoms. The van der Waals surface area contributed by atoms with Gasteiger partial charge in [-0.3, -0.25) is 14.5 Å². The molecular formula is C14H11Cl2N3O3. The Morgan fingerprint density at radius 1 is 1.14 bits per heavy atom. The third-order valence-corrected chi connectivity index (χ3v) is 4.03. The molecule has 0 fully saturated rings. The number of hydrogen-bond donors (Lipinski definition) is 0. The van der Waals surface area contributed by atoms with Crippen molar-refractivity contribution in [2.75, 3.05) is 0 Å². The van der Waals surface area contributed by atoms with Gasteiger partial charge < -0.3 is 4.52 Å². The Morgan fingerprint density at radius 3 is 2.14 bits per heavy atom. The molecule has 0 saturated carbocycles. The predicted molar refractivity (Wildman–Crippen MR) is 79.1 cm³/mol. The van der Waals surface area contributed by atoms with E-state index in [1.54, 1.807) is 0 Å². The highest BCUT2D eigenvalue weighted by atomic mass is 35.5. The Labute approximate surface area is 136 Å². The summed E-state index contributed by atoms with van der Waals surface area (Å²) in [6.45, 7) is 3.75. The third kappa shape index (κ3) is 2.38. The van der Waals surface area contributed by atoms with Crippen molar-refractivity contribution in [2.45, 2.75) is 26.3 Å². The summed E-state index contributed by atoms with van der Waals surface area (Å²) in [6, 6.07) is 2.79. The van der Waals surface area contributed by atoms with Gasteiger partial charge in [0, 0.05) is 5.92 Å². The summed E-state index contributed by atoms with van der Waals surface area (Å²) < 4.78 is 5.07. The first kappa shape index (κ1) is 15.0. The SMILES string of the molecule is CC(C)c1noc(CN2C(=O)c3cc(Cl)c(Cl)cc3C2=O)n1. The standard InChI is InChI=1S/C14H11Cl2N3O3/c1-6(2)12-17-11(22-18-12)5-19-13(20)7-3-9(15)10(16)4-8(7)14(19)21/h3-4,6H,5H2,1-2H3. The number of benzene rings is 1. The first-order valence-electron chi connectivity index (χ1n) is 6.56. The average molecular weight is 340 g/mol. The Morgan fingerprint density at radius 2 is 1.68 bits per heavy atom. The van der Waals surface area contributed by atoms with Gasteiger partial charge in [-0.2, -0.15) is 4.98 Å². The Kier molecular flexibility index (Phi) is 3.66. The van der Waals surface area contributed by atoms with Gasteiger partial charge in [0.1, 0.15) is 6.54 Å². The number of nitrogens with zero attached hydrogens (tertiary/aromatic N) is 3. The van der Waals surface area contributed by atoms with Crippen molar-refractivity contribution in [3.63, 3.8) is 0 Å². The molecule has 0 spiro atoms. The van der Waals surface area contributed by atoms with Gasteiger partial charge in [0.2, 0.25) is 5.89 Å². The van der Waals surface area contributed by atoms with E-state index < -0.39 is 11.8 Å². The van der Waals surface area contributed by atoms with Crippen molar-refractivity contribution in [2.24, 2.45) is 0 Å². The number of hydrogen-bond acceptors (Lipinski definition) is 5. The van der Waals surface area contributed by atoms with E-state index in [2.05, 4.69) is 10.1 Å². The van der Waals surface area contributed by atoms with E-state index in [0.717, 1.165) is 4.90 Å². The molecule has 1 aliphatic rings. The van der Waals surface area contributed by atoms with Crippen LogP contribution in [0.1, 0.15) is 52.2 Å². The molecule has 1 aromatic carbocycles. The van der Waals surface area contributed by atoms with E-state index in [4.69, 9.17) is 27.7 Å². The van der Waals surface area contributed by atoms with E-state index in [-0.39, 0.29) is 39.5 Å². The van der Waals surface area contributed by atoms with E-state index in [1.165, 1.54) is 12.1 Å². The van der Waals surface area contributed by atoms with Gasteiger partial charge in [-0.15, -0.1) is 0 Å². The number of fused-ring (bicyclic) bond motifs is 1. The molecule has 2 aromatic rings. The summed E-state index contributed by atoms with van der Waals surface area (Å²) in [5, 5.41) is 4.26. The molecule has 8 heteroatoms. The Balaban J connectivity index is 1.90. The zero-order valence-electron chi connectivity index (χ0n) is 11.8. The van der Waals surface area contributed by atoms with E-state index in [9.17, 15) is 9.59 Å². The minimum Gasteiger partial charge on any atom is -0.337 e. The molecule has 1 aromatic heterocycles. The maximum Gasteiger partial charge on any atom is 0.262 e. The highest BCUT2D eigenvalue weighted by Crippen LogP contribution is 2.32. The maximum atomic E-state index is 12.3. The normalized spacial score (nSPS) is 14.1. The van der Waals surface area contributed by atoms with Crippen LogP contribution in [0.25, 0.3) is 0 Å². The minimum absolute atomic E-state index is 0.0820. The van der Waals surface area contributed by atoms with Crippen LogP contribution < -0.4 is 0 Å². The molecule has 22 heavy (non-hydrogen) atoms. The van der Waals surface area contributed by atoms with E-state index >= 15 is 0 Å². The molecular weight excluding hydrogens is 329 g/mol. The minimum atomic E-state index is -0.456. The summed E-state index contributed by atoms with van der Waals surface area (Å²) >= 11 is 11.8. The molecule has 1 aliphatic heterocycles. The van der Waals surface area contributed by atoms with E-state index in [0.29, 0.717) is 5.82 Å². The number of imide groups is 1. The van der Waals surface area contributed by atoms with Crippen molar-refractivity contribution >= 4 is 35.0 Å². The fourth-order valence-corrected chi connectivity index (χ4v) is 2.46. The lowest BCUT2D eigenvalue weighted by Crippen LogP contribution is -2.29. The number of amides is 2. The number of halogens is 2. The summed E-state index contributed by atoms with van der Waals surface area (Å²) in [5.74, 6) is -0.0869. The second kappa shape index (κ2) is 5.37. The fourth-order valence-electron chi connectivity index (χ4n) is 2.13. The molecule has 0 unspecified atom stereocenters. The number of carbonyl (C=O) groups is 2. The van der Waals surface area contributed by atoms with Gasteiger partial charge in [-0.25, -0.2) is 0 Å². The second-order valence-corrected chi connectivity index (χ2v) is 6.02. The van der Waals surface area contributed by atoms with Gasteiger partial charge in [-0.05, 0) is 12.1 Å². The number of rotatable bonds is 3. The van der Waals surface area contributed by atoms with Crippen LogP contribution in [0.15, 0.2) is 16.7 Å². The maximum absolute atomic E-state index is 12.3. The highest BCUT2D eigenvalue weighted by molar-refractivity contribution is 6.43. The lowest BCUT2D eigenvalue weighted by molar-refractivity contribution is 0.0625. The van der Waals surface area contributed by atoms with Crippen molar-refractivity contribution < 1.29 is 14.1 Å². The molecule has 0 saturated heterocycles. The van der Waals surface area contributed by atoms with Crippen LogP contribution in [-0.2, 0) is 6.54 Å². The van der Waals surface area contributed by atoms with Crippen LogP contribution in [0.3, 0.4) is 0 Å². The predicted octanol–water partition coefficient (Wildman–Crippen LogP) is 3.30. The van der Waals surface area contributed by atoms with Gasteiger partial charge in [0.15, 0.2) is 5.82 Å². The molecule has 0 aliphatic carbocycles. The van der Waals surface area contributed by atoms with Crippen molar-refractivity contribution in [3.8, 4) is 0 Å². The van der Waals surface area contributed by atoms with Crippen LogP contribution in [-0.4, -0.2) is 26.9 Å². The first-order valence-corrected chi connectivity index (χ1v) is 7.31. The molecule has 114 valence electrons. The van der Waals surface area contributed by atoms with Crippen molar-refractivity contribution in [1.29, 1.82) is 0 Å². The Hall–Kier alpha value is -1.92. The Bertz CT molecular complexity index is 745. The molecule has 0 N–H and O–H groups in total. The van der Waals surface area contributed by atoms with Crippen LogP contribution in [0.5, 0.6) is 0 Å². The number of carbonyl (C=O) groups excluding carboxylic acids is 2.